The molecular weight excluding hydrogens is 254 g/mol. The van der Waals surface area contributed by atoms with Crippen LogP contribution in [0.3, 0.4) is 0 Å². The Hall–Kier alpha value is -0.810. The molecule has 5 nitrogen and oxygen atoms in total. The largest absolute Gasteiger partial charge is 0.355 e. The molecule has 1 rings (SSSR count). The molecule has 1 aliphatic heterocycles. The molecule has 106 valence electrons. The van der Waals surface area contributed by atoms with Crippen LogP contribution in [-0.2, 0) is 9.59 Å². The van der Waals surface area contributed by atoms with Crippen LogP contribution in [0.1, 0.15) is 26.2 Å². The summed E-state index contributed by atoms with van der Waals surface area (Å²) >= 11 is 0. The zero-order valence-electron chi connectivity index (χ0n) is 11.2. The van der Waals surface area contributed by atoms with E-state index in [2.05, 4.69) is 10.6 Å². The van der Waals surface area contributed by atoms with Gasteiger partial charge < -0.3 is 15.5 Å². The highest BCUT2D eigenvalue weighted by Gasteiger charge is 2.13. The molecule has 1 atom stereocenters. The van der Waals surface area contributed by atoms with E-state index < -0.39 is 0 Å². The van der Waals surface area contributed by atoms with Crippen LogP contribution in [0, 0.1) is 5.92 Å². The number of halogens is 1. The fourth-order valence-corrected chi connectivity index (χ4v) is 1.97. The van der Waals surface area contributed by atoms with Crippen LogP contribution < -0.4 is 10.6 Å². The van der Waals surface area contributed by atoms with Gasteiger partial charge in [-0.15, -0.1) is 12.4 Å². The third-order valence-electron chi connectivity index (χ3n) is 3.19. The highest BCUT2D eigenvalue weighted by Crippen LogP contribution is 2.12. The summed E-state index contributed by atoms with van der Waals surface area (Å²) in [6.45, 7) is 4.49. The van der Waals surface area contributed by atoms with Gasteiger partial charge in [-0.2, -0.15) is 0 Å². The van der Waals surface area contributed by atoms with Gasteiger partial charge in [0.05, 0.1) is 6.54 Å². The number of carbonyl (C=O) groups excluding carboxylic acids is 2. The van der Waals surface area contributed by atoms with Gasteiger partial charge in [0.15, 0.2) is 0 Å². The van der Waals surface area contributed by atoms with Gasteiger partial charge in [0, 0.05) is 20.5 Å². The molecule has 0 aliphatic carbocycles. The number of hydrogen-bond acceptors (Lipinski definition) is 3. The number of rotatable bonds is 5. The van der Waals surface area contributed by atoms with Crippen LogP contribution in [0.25, 0.3) is 0 Å². The van der Waals surface area contributed by atoms with E-state index in [4.69, 9.17) is 0 Å². The highest BCUT2D eigenvalue weighted by molar-refractivity contribution is 5.85. The molecule has 0 saturated carbocycles. The fourth-order valence-electron chi connectivity index (χ4n) is 1.97. The van der Waals surface area contributed by atoms with Crippen LogP contribution in [0.5, 0.6) is 0 Å². The minimum Gasteiger partial charge on any atom is -0.355 e. The first-order valence-corrected chi connectivity index (χ1v) is 6.28. The van der Waals surface area contributed by atoms with Crippen LogP contribution in [0.4, 0.5) is 0 Å². The molecule has 1 unspecified atom stereocenters. The van der Waals surface area contributed by atoms with Crippen molar-refractivity contribution in [3.8, 4) is 0 Å². The van der Waals surface area contributed by atoms with Crippen LogP contribution in [-0.4, -0.2) is 49.9 Å². The molecule has 1 heterocycles. The third-order valence-corrected chi connectivity index (χ3v) is 3.19. The topological polar surface area (TPSA) is 61.4 Å². The van der Waals surface area contributed by atoms with Gasteiger partial charge in [-0.25, -0.2) is 0 Å². The van der Waals surface area contributed by atoms with Crippen molar-refractivity contribution in [2.45, 2.75) is 26.2 Å². The van der Waals surface area contributed by atoms with Gasteiger partial charge in [0.2, 0.25) is 11.8 Å². The molecule has 18 heavy (non-hydrogen) atoms. The second kappa shape index (κ2) is 9.16. The molecule has 1 fully saturated rings. The van der Waals surface area contributed by atoms with Crippen molar-refractivity contribution in [2.24, 2.45) is 5.92 Å². The molecule has 2 amide bonds. The number of amides is 2. The third kappa shape index (κ3) is 6.81. The summed E-state index contributed by atoms with van der Waals surface area (Å²) in [6, 6.07) is 0. The maximum atomic E-state index is 11.5. The highest BCUT2D eigenvalue weighted by atomic mass is 35.5. The summed E-state index contributed by atoms with van der Waals surface area (Å²) in [5, 5.41) is 6.21. The lowest BCUT2D eigenvalue weighted by Gasteiger charge is -2.22. The molecule has 0 aromatic heterocycles. The maximum absolute atomic E-state index is 11.5. The predicted molar refractivity (Wildman–Crippen MR) is 73.8 cm³/mol. The molecule has 6 heteroatoms. The molecular formula is C12H24ClN3O2. The van der Waals surface area contributed by atoms with E-state index in [9.17, 15) is 9.59 Å². The quantitative estimate of drug-likeness (QED) is 0.764. The molecule has 0 bridgehead atoms. The number of likely N-dealkylation sites (N-methyl/N-ethyl adjacent to an activating group) is 1. The first-order chi connectivity index (χ1) is 8.09. The number of piperidine rings is 1. The zero-order valence-corrected chi connectivity index (χ0v) is 12.0. The Bertz CT molecular complexity index is 268. The van der Waals surface area contributed by atoms with Crippen LogP contribution in [0.15, 0.2) is 0 Å². The Morgan fingerprint density at radius 2 is 2.17 bits per heavy atom. The second-order valence-electron chi connectivity index (χ2n) is 4.73. The molecule has 0 spiro atoms. The normalized spacial score (nSPS) is 18.7. The Kier molecular flexibility index (Phi) is 8.75. The molecule has 2 N–H and O–H groups in total. The summed E-state index contributed by atoms with van der Waals surface area (Å²) in [7, 11) is 1.63. The Labute approximate surface area is 115 Å². The van der Waals surface area contributed by atoms with E-state index in [1.165, 1.54) is 24.7 Å². The summed E-state index contributed by atoms with van der Waals surface area (Å²) in [6.07, 6.45) is 3.49. The first kappa shape index (κ1) is 17.2. The number of hydrogen-bond donors (Lipinski definition) is 2. The lowest BCUT2D eigenvalue weighted by molar-refractivity contribution is -0.133. The molecule has 0 radical (unpaired) electrons. The van der Waals surface area contributed by atoms with E-state index in [0.29, 0.717) is 12.5 Å². The molecule has 0 aromatic carbocycles. The average molecular weight is 278 g/mol. The smallest absolute Gasteiger partial charge is 0.239 e. The Morgan fingerprint density at radius 3 is 2.72 bits per heavy atom. The molecule has 0 aromatic rings. The molecule has 1 aliphatic rings. The number of carbonyl (C=O) groups is 2. The zero-order chi connectivity index (χ0) is 12.7. The second-order valence-corrected chi connectivity index (χ2v) is 4.73. The maximum Gasteiger partial charge on any atom is 0.239 e. The van der Waals surface area contributed by atoms with Crippen molar-refractivity contribution in [1.82, 2.24) is 15.5 Å². The van der Waals surface area contributed by atoms with Crippen molar-refractivity contribution in [1.29, 1.82) is 0 Å². The van der Waals surface area contributed by atoms with Gasteiger partial charge in [0.1, 0.15) is 0 Å². The van der Waals surface area contributed by atoms with Gasteiger partial charge in [-0.1, -0.05) is 0 Å². The van der Waals surface area contributed by atoms with Gasteiger partial charge >= 0.3 is 0 Å². The fraction of sp³-hybridized carbons (Fsp3) is 0.833. The van der Waals surface area contributed by atoms with E-state index in [1.807, 2.05) is 0 Å². The van der Waals surface area contributed by atoms with E-state index in [-0.39, 0.29) is 30.8 Å². The van der Waals surface area contributed by atoms with E-state index in [1.54, 1.807) is 7.05 Å². The van der Waals surface area contributed by atoms with Crippen molar-refractivity contribution in [3.63, 3.8) is 0 Å². The first-order valence-electron chi connectivity index (χ1n) is 6.28. The Balaban J connectivity index is 0.00000289. The summed E-state index contributed by atoms with van der Waals surface area (Å²) in [5.41, 5.74) is 0. The summed E-state index contributed by atoms with van der Waals surface area (Å²) < 4.78 is 0. The van der Waals surface area contributed by atoms with E-state index in [0.717, 1.165) is 19.5 Å². The summed E-state index contributed by atoms with van der Waals surface area (Å²) in [4.78, 5) is 23.8. The lowest BCUT2D eigenvalue weighted by Crippen LogP contribution is -2.39. The predicted octanol–water partition coefficient (Wildman–Crippen LogP) is 0.392. The van der Waals surface area contributed by atoms with E-state index >= 15 is 0 Å². The average Bonchev–Trinajstić information content (AvgIpc) is 2.30. The van der Waals surface area contributed by atoms with Gasteiger partial charge in [-0.05, 0) is 38.3 Å². The SMILES string of the molecule is CC(=O)N(C)CC(=O)NCCC1CCCNC1.Cl. The number of nitrogens with zero attached hydrogens (tertiary/aromatic N) is 1. The summed E-state index contributed by atoms with van der Waals surface area (Å²) in [5.74, 6) is 0.512. The minimum atomic E-state index is -0.0865. The van der Waals surface area contributed by atoms with Crippen molar-refractivity contribution in [2.75, 3.05) is 33.2 Å². The Morgan fingerprint density at radius 1 is 1.44 bits per heavy atom. The van der Waals surface area contributed by atoms with Gasteiger partial charge in [-0.3, -0.25) is 9.59 Å². The van der Waals surface area contributed by atoms with Crippen LogP contribution >= 0.6 is 12.4 Å². The monoisotopic (exact) mass is 277 g/mol. The van der Waals surface area contributed by atoms with Crippen molar-refractivity contribution in [3.05, 3.63) is 0 Å². The lowest BCUT2D eigenvalue weighted by atomic mass is 9.96. The van der Waals surface area contributed by atoms with Gasteiger partial charge in [0.25, 0.3) is 0 Å². The minimum absolute atomic E-state index is 0. The molecule has 1 saturated heterocycles. The van der Waals surface area contributed by atoms with Crippen molar-refractivity contribution < 1.29 is 9.59 Å². The number of nitrogens with one attached hydrogen (secondary N) is 2. The van der Waals surface area contributed by atoms with Crippen molar-refractivity contribution >= 4 is 24.2 Å². The standard InChI is InChI=1S/C12H23N3O2.ClH/c1-10(16)15(2)9-12(17)14-7-5-11-4-3-6-13-8-11;/h11,13H,3-9H2,1-2H3,(H,14,17);1H. The van der Waals surface area contributed by atoms with Crippen LogP contribution in [0.2, 0.25) is 0 Å².